The first-order valence-corrected chi connectivity index (χ1v) is 8.64. The van der Waals surface area contributed by atoms with Gasteiger partial charge < -0.3 is 14.6 Å². The Bertz CT molecular complexity index is 834. The smallest absolute Gasteiger partial charge is 0.244 e. The molecule has 2 heterocycles. The topological polar surface area (TPSA) is 45.5 Å². The third-order valence-corrected chi connectivity index (χ3v) is 4.91. The standard InChI is InChI=1S/C19H20N2O2S/c1-21(2)17(16-13-24-18-6-4-3-5-15(16)18)11-20-19(22)8-7-14-9-10-23-12-14/h3-10,12-13,17H,11H2,1-2H3,(H,20,22)/b8-7+. The van der Waals surface area contributed by atoms with Gasteiger partial charge in [-0.15, -0.1) is 11.3 Å². The Hall–Kier alpha value is -2.37. The van der Waals surface area contributed by atoms with Crippen LogP contribution in [-0.4, -0.2) is 31.4 Å². The van der Waals surface area contributed by atoms with E-state index in [1.54, 1.807) is 29.9 Å². The van der Waals surface area contributed by atoms with E-state index >= 15 is 0 Å². The van der Waals surface area contributed by atoms with Crippen LogP contribution in [0.4, 0.5) is 0 Å². The average molecular weight is 340 g/mol. The molecule has 1 N–H and O–H groups in total. The maximum absolute atomic E-state index is 12.1. The quantitative estimate of drug-likeness (QED) is 0.692. The largest absolute Gasteiger partial charge is 0.472 e. The van der Waals surface area contributed by atoms with Gasteiger partial charge in [-0.1, -0.05) is 18.2 Å². The number of fused-ring (bicyclic) bond motifs is 1. The second-order valence-corrected chi connectivity index (χ2v) is 6.71. The maximum Gasteiger partial charge on any atom is 0.244 e. The van der Waals surface area contributed by atoms with Gasteiger partial charge in [-0.2, -0.15) is 0 Å². The minimum Gasteiger partial charge on any atom is -0.472 e. The Morgan fingerprint density at radius 2 is 2.17 bits per heavy atom. The van der Waals surface area contributed by atoms with E-state index in [1.807, 2.05) is 20.2 Å². The molecular formula is C19H20N2O2S. The van der Waals surface area contributed by atoms with Gasteiger partial charge in [0.1, 0.15) is 0 Å². The SMILES string of the molecule is CN(C)C(CNC(=O)/C=C/c1ccoc1)c1csc2ccccc12. The summed E-state index contributed by atoms with van der Waals surface area (Å²) in [5.74, 6) is -0.109. The summed E-state index contributed by atoms with van der Waals surface area (Å²) in [4.78, 5) is 14.2. The number of likely N-dealkylation sites (N-methyl/N-ethyl adjacent to an activating group) is 1. The van der Waals surface area contributed by atoms with E-state index in [9.17, 15) is 4.79 Å². The van der Waals surface area contributed by atoms with Gasteiger partial charge in [-0.25, -0.2) is 0 Å². The summed E-state index contributed by atoms with van der Waals surface area (Å²) in [7, 11) is 4.06. The molecule has 0 fully saturated rings. The average Bonchev–Trinajstić information content (AvgIpc) is 3.23. The van der Waals surface area contributed by atoms with E-state index in [0.29, 0.717) is 6.54 Å². The normalized spacial score (nSPS) is 13.0. The number of nitrogens with zero attached hydrogens (tertiary/aromatic N) is 1. The first kappa shape index (κ1) is 16.5. The first-order chi connectivity index (χ1) is 11.6. The van der Waals surface area contributed by atoms with Gasteiger partial charge in [-0.05, 0) is 48.6 Å². The molecule has 124 valence electrons. The fraction of sp³-hybridized carbons (Fsp3) is 0.211. The van der Waals surface area contributed by atoms with Crippen LogP contribution >= 0.6 is 11.3 Å². The lowest BCUT2D eigenvalue weighted by molar-refractivity contribution is -0.116. The monoisotopic (exact) mass is 340 g/mol. The van der Waals surface area contributed by atoms with Gasteiger partial charge in [0.15, 0.2) is 0 Å². The fourth-order valence-corrected chi connectivity index (χ4v) is 3.63. The zero-order valence-electron chi connectivity index (χ0n) is 13.7. The van der Waals surface area contributed by atoms with E-state index < -0.39 is 0 Å². The van der Waals surface area contributed by atoms with Crippen LogP contribution in [0.1, 0.15) is 17.2 Å². The summed E-state index contributed by atoms with van der Waals surface area (Å²) in [6.45, 7) is 0.558. The highest BCUT2D eigenvalue weighted by atomic mass is 32.1. The van der Waals surface area contributed by atoms with Crippen LogP contribution in [0.3, 0.4) is 0 Å². The van der Waals surface area contributed by atoms with Crippen LogP contribution in [0.2, 0.25) is 0 Å². The Balaban J connectivity index is 1.69. The highest BCUT2D eigenvalue weighted by Gasteiger charge is 2.18. The molecule has 24 heavy (non-hydrogen) atoms. The zero-order chi connectivity index (χ0) is 16.9. The Labute approximate surface area is 145 Å². The summed E-state index contributed by atoms with van der Waals surface area (Å²) in [6.07, 6.45) is 6.46. The third-order valence-electron chi connectivity index (χ3n) is 3.93. The van der Waals surface area contributed by atoms with Crippen LogP contribution in [0.5, 0.6) is 0 Å². The molecule has 0 aliphatic carbocycles. The van der Waals surface area contributed by atoms with E-state index in [-0.39, 0.29) is 11.9 Å². The molecule has 3 aromatic rings. The number of carbonyl (C=O) groups excluding carboxylic acids is 1. The second-order valence-electron chi connectivity index (χ2n) is 5.80. The van der Waals surface area contributed by atoms with Crippen molar-refractivity contribution >= 4 is 33.4 Å². The number of hydrogen-bond donors (Lipinski definition) is 1. The van der Waals surface area contributed by atoms with Gasteiger partial charge in [-0.3, -0.25) is 4.79 Å². The molecule has 2 aromatic heterocycles. The molecule has 3 rings (SSSR count). The number of benzene rings is 1. The number of amides is 1. The van der Waals surface area contributed by atoms with E-state index in [4.69, 9.17) is 4.42 Å². The van der Waals surface area contributed by atoms with Crippen LogP contribution in [0, 0.1) is 0 Å². The molecule has 0 spiro atoms. The summed E-state index contributed by atoms with van der Waals surface area (Å²) in [6, 6.07) is 10.3. The molecule has 0 saturated heterocycles. The molecule has 0 aliphatic heterocycles. The third kappa shape index (κ3) is 3.75. The Kier molecular flexibility index (Phi) is 5.13. The maximum atomic E-state index is 12.1. The lowest BCUT2D eigenvalue weighted by Crippen LogP contribution is -2.33. The van der Waals surface area contributed by atoms with Gasteiger partial charge in [0.05, 0.1) is 18.6 Å². The number of carbonyl (C=O) groups is 1. The summed E-state index contributed by atoms with van der Waals surface area (Å²) in [5.41, 5.74) is 2.12. The van der Waals surface area contributed by atoms with E-state index in [1.165, 1.54) is 21.7 Å². The molecule has 4 nitrogen and oxygen atoms in total. The van der Waals surface area contributed by atoms with E-state index in [2.05, 4.69) is 39.9 Å². The van der Waals surface area contributed by atoms with Crippen molar-refractivity contribution in [3.63, 3.8) is 0 Å². The molecule has 0 saturated carbocycles. The highest BCUT2D eigenvalue weighted by Crippen LogP contribution is 2.31. The molecular weight excluding hydrogens is 320 g/mol. The van der Waals surface area contributed by atoms with Gasteiger partial charge >= 0.3 is 0 Å². The number of hydrogen-bond acceptors (Lipinski definition) is 4. The molecule has 1 aromatic carbocycles. The lowest BCUT2D eigenvalue weighted by atomic mass is 10.0. The predicted molar refractivity (Wildman–Crippen MR) is 99.0 cm³/mol. The predicted octanol–water partition coefficient (Wildman–Crippen LogP) is 3.93. The van der Waals surface area contributed by atoms with Crippen molar-refractivity contribution in [1.82, 2.24) is 10.2 Å². The van der Waals surface area contributed by atoms with Crippen molar-refractivity contribution in [1.29, 1.82) is 0 Å². The van der Waals surface area contributed by atoms with Gasteiger partial charge in [0, 0.05) is 22.9 Å². The number of furan rings is 1. The van der Waals surface area contributed by atoms with Crippen LogP contribution in [-0.2, 0) is 4.79 Å². The number of nitrogens with one attached hydrogen (secondary N) is 1. The molecule has 1 amide bonds. The molecule has 1 unspecified atom stereocenters. The van der Waals surface area contributed by atoms with Crippen molar-refractivity contribution in [2.45, 2.75) is 6.04 Å². The van der Waals surface area contributed by atoms with Crippen molar-refractivity contribution in [2.24, 2.45) is 0 Å². The van der Waals surface area contributed by atoms with Crippen LogP contribution < -0.4 is 5.32 Å². The van der Waals surface area contributed by atoms with Crippen molar-refractivity contribution < 1.29 is 9.21 Å². The minimum atomic E-state index is -0.109. The summed E-state index contributed by atoms with van der Waals surface area (Å²) >= 11 is 1.74. The molecule has 0 radical (unpaired) electrons. The molecule has 1 atom stereocenters. The van der Waals surface area contributed by atoms with Crippen molar-refractivity contribution in [3.05, 3.63) is 65.4 Å². The Morgan fingerprint density at radius 3 is 2.92 bits per heavy atom. The summed E-state index contributed by atoms with van der Waals surface area (Å²) < 4.78 is 6.25. The minimum absolute atomic E-state index is 0.109. The van der Waals surface area contributed by atoms with Crippen LogP contribution in [0.25, 0.3) is 16.2 Å². The van der Waals surface area contributed by atoms with E-state index in [0.717, 1.165) is 5.56 Å². The second kappa shape index (κ2) is 7.47. The fourth-order valence-electron chi connectivity index (χ4n) is 2.63. The van der Waals surface area contributed by atoms with Crippen molar-refractivity contribution in [2.75, 3.05) is 20.6 Å². The van der Waals surface area contributed by atoms with Gasteiger partial charge in [0.25, 0.3) is 0 Å². The number of thiophene rings is 1. The highest BCUT2D eigenvalue weighted by molar-refractivity contribution is 7.17. The first-order valence-electron chi connectivity index (χ1n) is 7.76. The molecule has 0 bridgehead atoms. The summed E-state index contributed by atoms with van der Waals surface area (Å²) in [5, 5.41) is 6.42. The zero-order valence-corrected chi connectivity index (χ0v) is 14.5. The molecule has 5 heteroatoms. The Morgan fingerprint density at radius 1 is 1.33 bits per heavy atom. The van der Waals surface area contributed by atoms with Gasteiger partial charge in [0.2, 0.25) is 5.91 Å². The lowest BCUT2D eigenvalue weighted by Gasteiger charge is -2.24. The van der Waals surface area contributed by atoms with Crippen molar-refractivity contribution in [3.8, 4) is 0 Å². The number of rotatable bonds is 6. The molecule has 0 aliphatic rings. The van der Waals surface area contributed by atoms with Crippen LogP contribution in [0.15, 0.2) is 58.7 Å².